The number of carbonyl (C=O) groups is 1. The van der Waals surface area contributed by atoms with Crippen molar-refractivity contribution in [3.05, 3.63) is 35.9 Å². The number of hydrogen-bond acceptors (Lipinski definition) is 2. The van der Waals surface area contributed by atoms with Crippen LogP contribution in [-0.4, -0.2) is 21.8 Å². The molecule has 1 aromatic carbocycles. The zero-order valence-electron chi connectivity index (χ0n) is 10.7. The summed E-state index contributed by atoms with van der Waals surface area (Å²) in [6, 6.07) is 10.3. The maximum absolute atomic E-state index is 11.0. The molecule has 3 nitrogen and oxygen atoms in total. The maximum atomic E-state index is 11.0. The first-order valence-electron chi connectivity index (χ1n) is 6.52. The van der Waals surface area contributed by atoms with Crippen LogP contribution in [0.3, 0.4) is 0 Å². The molecule has 1 atom stereocenters. The highest BCUT2D eigenvalue weighted by Crippen LogP contribution is 2.40. The number of carboxylic acid groups (broad SMARTS) is 1. The molecule has 98 valence electrons. The highest BCUT2D eigenvalue weighted by Gasteiger charge is 2.41. The summed E-state index contributed by atoms with van der Waals surface area (Å²) < 4.78 is 0. The van der Waals surface area contributed by atoms with E-state index in [1.54, 1.807) is 0 Å². The van der Waals surface area contributed by atoms with Gasteiger partial charge in [0, 0.05) is 0 Å². The van der Waals surface area contributed by atoms with E-state index in [-0.39, 0.29) is 5.92 Å². The van der Waals surface area contributed by atoms with Gasteiger partial charge in [-0.1, -0.05) is 30.3 Å². The fourth-order valence-electron chi connectivity index (χ4n) is 2.89. The van der Waals surface area contributed by atoms with Crippen LogP contribution in [0.5, 0.6) is 0 Å². The van der Waals surface area contributed by atoms with Crippen LogP contribution in [0, 0.1) is 5.92 Å². The van der Waals surface area contributed by atoms with Crippen molar-refractivity contribution in [1.82, 2.24) is 0 Å². The third-order valence-electron chi connectivity index (χ3n) is 4.23. The molecular formula is C15H20O3. The van der Waals surface area contributed by atoms with Crippen molar-refractivity contribution >= 4 is 5.97 Å². The average molecular weight is 248 g/mol. The van der Waals surface area contributed by atoms with E-state index in [4.69, 9.17) is 5.11 Å². The van der Waals surface area contributed by atoms with Crippen molar-refractivity contribution in [2.45, 2.75) is 44.1 Å². The predicted octanol–water partition coefficient (Wildman–Crippen LogP) is 2.80. The maximum Gasteiger partial charge on any atom is 0.335 e. The monoisotopic (exact) mass is 248 g/mol. The SMILES string of the molecule is CC(O)(C(=O)O)C1CCC(c2ccccc2)CC1. The van der Waals surface area contributed by atoms with Crippen LogP contribution in [-0.2, 0) is 4.79 Å². The fraction of sp³-hybridized carbons (Fsp3) is 0.533. The van der Waals surface area contributed by atoms with Gasteiger partial charge in [0.25, 0.3) is 0 Å². The number of aliphatic carboxylic acids is 1. The number of benzene rings is 1. The van der Waals surface area contributed by atoms with Gasteiger partial charge in [-0.25, -0.2) is 4.79 Å². The summed E-state index contributed by atoms with van der Waals surface area (Å²) in [6.07, 6.45) is 3.47. The summed E-state index contributed by atoms with van der Waals surface area (Å²) in [5.74, 6) is -0.729. The largest absolute Gasteiger partial charge is 0.479 e. The molecule has 0 radical (unpaired) electrons. The Labute approximate surface area is 107 Å². The second kappa shape index (κ2) is 5.11. The van der Waals surface area contributed by atoms with Crippen molar-refractivity contribution in [3.63, 3.8) is 0 Å². The molecular weight excluding hydrogens is 228 g/mol. The van der Waals surface area contributed by atoms with E-state index in [0.717, 1.165) is 25.7 Å². The molecule has 1 fully saturated rings. The topological polar surface area (TPSA) is 57.5 Å². The lowest BCUT2D eigenvalue weighted by Gasteiger charge is -2.35. The van der Waals surface area contributed by atoms with Crippen LogP contribution in [0.25, 0.3) is 0 Å². The van der Waals surface area contributed by atoms with E-state index in [1.807, 2.05) is 18.2 Å². The highest BCUT2D eigenvalue weighted by molar-refractivity contribution is 5.76. The van der Waals surface area contributed by atoms with E-state index < -0.39 is 11.6 Å². The molecule has 1 aromatic rings. The van der Waals surface area contributed by atoms with Gasteiger partial charge in [-0.3, -0.25) is 0 Å². The third kappa shape index (κ3) is 2.56. The van der Waals surface area contributed by atoms with Crippen LogP contribution < -0.4 is 0 Å². The Bertz CT molecular complexity index is 403. The molecule has 1 unspecified atom stereocenters. The highest BCUT2D eigenvalue weighted by atomic mass is 16.4. The summed E-state index contributed by atoms with van der Waals surface area (Å²) in [7, 11) is 0. The van der Waals surface area contributed by atoms with Crippen LogP contribution in [0.1, 0.15) is 44.1 Å². The normalized spacial score (nSPS) is 27.4. The number of carboxylic acids is 1. The van der Waals surface area contributed by atoms with Crippen LogP contribution in [0.4, 0.5) is 0 Å². The van der Waals surface area contributed by atoms with Gasteiger partial charge < -0.3 is 10.2 Å². The molecule has 1 aliphatic carbocycles. The Morgan fingerprint density at radius 2 is 1.72 bits per heavy atom. The Morgan fingerprint density at radius 3 is 2.22 bits per heavy atom. The van der Waals surface area contributed by atoms with E-state index in [2.05, 4.69) is 12.1 Å². The minimum Gasteiger partial charge on any atom is -0.479 e. The van der Waals surface area contributed by atoms with Crippen LogP contribution in [0.15, 0.2) is 30.3 Å². The summed E-state index contributed by atoms with van der Waals surface area (Å²) >= 11 is 0. The molecule has 3 heteroatoms. The summed E-state index contributed by atoms with van der Waals surface area (Å²) in [6.45, 7) is 1.42. The number of hydrogen-bond donors (Lipinski definition) is 2. The van der Waals surface area contributed by atoms with Crippen molar-refractivity contribution in [1.29, 1.82) is 0 Å². The second-order valence-electron chi connectivity index (χ2n) is 5.41. The van der Waals surface area contributed by atoms with Crippen molar-refractivity contribution in [2.24, 2.45) is 5.92 Å². The quantitative estimate of drug-likeness (QED) is 0.864. The predicted molar refractivity (Wildman–Crippen MR) is 69.4 cm³/mol. The standard InChI is InChI=1S/C15H20O3/c1-15(18,14(16)17)13-9-7-12(8-10-13)11-5-3-2-4-6-11/h2-6,12-13,18H,7-10H2,1H3,(H,16,17). The average Bonchev–Trinajstić information content (AvgIpc) is 2.40. The lowest BCUT2D eigenvalue weighted by Crippen LogP contribution is -2.44. The lowest BCUT2D eigenvalue weighted by molar-refractivity contribution is -0.164. The van der Waals surface area contributed by atoms with Crippen LogP contribution in [0.2, 0.25) is 0 Å². The Hall–Kier alpha value is -1.35. The molecule has 0 saturated heterocycles. The Morgan fingerprint density at radius 1 is 1.17 bits per heavy atom. The smallest absolute Gasteiger partial charge is 0.335 e. The van der Waals surface area contributed by atoms with Gasteiger partial charge in [0.1, 0.15) is 0 Å². The third-order valence-corrected chi connectivity index (χ3v) is 4.23. The molecule has 0 aromatic heterocycles. The van der Waals surface area contributed by atoms with Gasteiger partial charge in [0.2, 0.25) is 0 Å². The van der Waals surface area contributed by atoms with E-state index in [1.165, 1.54) is 12.5 Å². The molecule has 1 saturated carbocycles. The minimum absolute atomic E-state index is 0.130. The molecule has 0 amide bonds. The van der Waals surface area contributed by atoms with Gasteiger partial charge in [-0.2, -0.15) is 0 Å². The van der Waals surface area contributed by atoms with Crippen molar-refractivity contribution in [2.75, 3.05) is 0 Å². The zero-order valence-corrected chi connectivity index (χ0v) is 10.7. The lowest BCUT2D eigenvalue weighted by atomic mass is 9.72. The first kappa shape index (κ1) is 13.1. The zero-order chi connectivity index (χ0) is 13.2. The molecule has 0 heterocycles. The van der Waals surface area contributed by atoms with Crippen LogP contribution >= 0.6 is 0 Å². The summed E-state index contributed by atoms with van der Waals surface area (Å²) in [5, 5.41) is 19.0. The molecule has 2 N–H and O–H groups in total. The summed E-state index contributed by atoms with van der Waals surface area (Å²) in [5.41, 5.74) is -0.257. The second-order valence-corrected chi connectivity index (χ2v) is 5.41. The number of rotatable bonds is 3. The molecule has 0 bridgehead atoms. The van der Waals surface area contributed by atoms with Gasteiger partial charge in [0.15, 0.2) is 5.60 Å². The number of aliphatic hydroxyl groups is 1. The van der Waals surface area contributed by atoms with E-state index in [0.29, 0.717) is 5.92 Å². The van der Waals surface area contributed by atoms with Gasteiger partial charge in [-0.05, 0) is 50.0 Å². The van der Waals surface area contributed by atoms with Crippen molar-refractivity contribution in [3.8, 4) is 0 Å². The van der Waals surface area contributed by atoms with Gasteiger partial charge in [-0.15, -0.1) is 0 Å². The van der Waals surface area contributed by atoms with E-state index in [9.17, 15) is 9.90 Å². The molecule has 1 aliphatic rings. The Kier molecular flexibility index (Phi) is 3.71. The van der Waals surface area contributed by atoms with Crippen molar-refractivity contribution < 1.29 is 15.0 Å². The summed E-state index contributed by atoms with van der Waals surface area (Å²) in [4.78, 5) is 11.0. The van der Waals surface area contributed by atoms with E-state index >= 15 is 0 Å². The first-order chi connectivity index (χ1) is 8.51. The first-order valence-corrected chi connectivity index (χ1v) is 6.52. The molecule has 18 heavy (non-hydrogen) atoms. The molecule has 2 rings (SSSR count). The molecule has 0 aliphatic heterocycles. The minimum atomic E-state index is -1.58. The Balaban J connectivity index is 1.99. The van der Waals surface area contributed by atoms with Gasteiger partial charge >= 0.3 is 5.97 Å². The fourth-order valence-corrected chi connectivity index (χ4v) is 2.89. The molecule has 0 spiro atoms. The van der Waals surface area contributed by atoms with Gasteiger partial charge in [0.05, 0.1) is 0 Å².